The normalized spacial score (nSPS) is 12.2. The van der Waals surface area contributed by atoms with Gasteiger partial charge in [-0.15, -0.1) is 0 Å². The van der Waals surface area contributed by atoms with Crippen LogP contribution in [0.1, 0.15) is 16.9 Å². The molecule has 0 radical (unpaired) electrons. The molecular formula is C20H26F3N3O3. The molecule has 9 heteroatoms. The molecule has 2 N–H and O–H groups in total. The maximum Gasteiger partial charge on any atom is 0.411 e. The fraction of sp³-hybridized carbons (Fsp3) is 0.450. The number of halogens is 3. The summed E-state index contributed by atoms with van der Waals surface area (Å²) in [5.74, 6) is 1.53. The van der Waals surface area contributed by atoms with Gasteiger partial charge in [-0.25, -0.2) is 4.99 Å². The van der Waals surface area contributed by atoms with Gasteiger partial charge >= 0.3 is 6.18 Å². The summed E-state index contributed by atoms with van der Waals surface area (Å²) >= 11 is 0. The lowest BCUT2D eigenvalue weighted by Crippen LogP contribution is -2.40. The van der Waals surface area contributed by atoms with Gasteiger partial charge in [0.1, 0.15) is 12.4 Å². The average Bonchev–Trinajstić information content (AvgIpc) is 3.19. The quantitative estimate of drug-likeness (QED) is 0.336. The van der Waals surface area contributed by atoms with E-state index in [0.717, 1.165) is 17.7 Å². The Morgan fingerprint density at radius 1 is 1.07 bits per heavy atom. The Morgan fingerprint density at radius 3 is 2.45 bits per heavy atom. The number of guanidine groups is 1. The number of rotatable bonds is 11. The molecule has 0 spiro atoms. The van der Waals surface area contributed by atoms with E-state index < -0.39 is 12.8 Å². The molecule has 2 aromatic rings. The molecule has 0 saturated carbocycles. The second-order valence-corrected chi connectivity index (χ2v) is 6.27. The predicted molar refractivity (Wildman–Crippen MR) is 104 cm³/mol. The maximum atomic E-state index is 12.1. The number of alkyl halides is 3. The highest BCUT2D eigenvalue weighted by molar-refractivity contribution is 5.79. The van der Waals surface area contributed by atoms with Crippen LogP contribution in [0, 0.1) is 0 Å². The van der Waals surface area contributed by atoms with Gasteiger partial charge in [-0.1, -0.05) is 24.3 Å². The van der Waals surface area contributed by atoms with Crippen molar-refractivity contribution in [1.29, 1.82) is 0 Å². The number of furan rings is 1. The first-order valence-corrected chi connectivity index (χ1v) is 9.22. The Hall–Kier alpha value is -2.52. The molecular weight excluding hydrogens is 387 g/mol. The van der Waals surface area contributed by atoms with E-state index in [1.807, 2.05) is 24.3 Å². The van der Waals surface area contributed by atoms with Gasteiger partial charge in [0, 0.05) is 26.6 Å². The van der Waals surface area contributed by atoms with Crippen molar-refractivity contribution in [2.75, 3.05) is 33.4 Å². The molecule has 6 nitrogen and oxygen atoms in total. The van der Waals surface area contributed by atoms with Gasteiger partial charge in [0.05, 0.1) is 26.0 Å². The summed E-state index contributed by atoms with van der Waals surface area (Å²) in [6.07, 6.45) is -1.95. The van der Waals surface area contributed by atoms with Crippen molar-refractivity contribution >= 4 is 5.96 Å². The lowest BCUT2D eigenvalue weighted by Gasteiger charge is -2.12. The standard InChI is InChI=1S/C20H26F3N3O3/c1-27-12-10-25-19(24-9-8-18-3-2-11-29-18)26-13-16-4-6-17(7-5-16)14-28-15-20(21,22)23/h2-7,11H,8-10,12-15H2,1H3,(H2,24,25,26). The highest BCUT2D eigenvalue weighted by Crippen LogP contribution is 2.16. The molecule has 0 aliphatic rings. The zero-order chi connectivity index (χ0) is 21.0. The Balaban J connectivity index is 1.83. The average molecular weight is 413 g/mol. The number of benzene rings is 1. The van der Waals surface area contributed by atoms with Crippen molar-refractivity contribution in [2.45, 2.75) is 25.7 Å². The molecule has 0 bridgehead atoms. The van der Waals surface area contributed by atoms with Crippen LogP contribution in [0.3, 0.4) is 0 Å². The van der Waals surface area contributed by atoms with E-state index in [2.05, 4.69) is 20.4 Å². The number of methoxy groups -OCH3 is 1. The van der Waals surface area contributed by atoms with Crippen LogP contribution in [0.25, 0.3) is 0 Å². The van der Waals surface area contributed by atoms with Gasteiger partial charge < -0.3 is 24.5 Å². The summed E-state index contributed by atoms with van der Waals surface area (Å²) in [4.78, 5) is 4.54. The van der Waals surface area contributed by atoms with Crippen molar-refractivity contribution in [3.63, 3.8) is 0 Å². The monoisotopic (exact) mass is 413 g/mol. The molecule has 0 unspecified atom stereocenters. The summed E-state index contributed by atoms with van der Waals surface area (Å²) in [5.41, 5.74) is 1.61. The Morgan fingerprint density at radius 2 is 1.79 bits per heavy atom. The first-order valence-electron chi connectivity index (χ1n) is 9.22. The fourth-order valence-corrected chi connectivity index (χ4v) is 2.40. The van der Waals surface area contributed by atoms with Crippen LogP contribution in [-0.2, 0) is 29.0 Å². The molecule has 0 saturated heterocycles. The van der Waals surface area contributed by atoms with Crippen LogP contribution in [0.2, 0.25) is 0 Å². The first-order chi connectivity index (χ1) is 14.0. The summed E-state index contributed by atoms with van der Waals surface area (Å²) < 4.78 is 51.4. The fourth-order valence-electron chi connectivity index (χ4n) is 2.40. The Labute approximate surface area is 168 Å². The molecule has 0 fully saturated rings. The highest BCUT2D eigenvalue weighted by atomic mass is 19.4. The van der Waals surface area contributed by atoms with Crippen LogP contribution in [-0.4, -0.2) is 45.5 Å². The third-order valence-electron chi connectivity index (χ3n) is 3.82. The topological polar surface area (TPSA) is 68.0 Å². The number of ether oxygens (including phenoxy) is 2. The van der Waals surface area contributed by atoms with Crippen LogP contribution >= 0.6 is 0 Å². The summed E-state index contributed by atoms with van der Waals surface area (Å²) in [6, 6.07) is 10.9. The highest BCUT2D eigenvalue weighted by Gasteiger charge is 2.27. The lowest BCUT2D eigenvalue weighted by atomic mass is 10.1. The summed E-state index contributed by atoms with van der Waals surface area (Å²) in [7, 11) is 1.63. The minimum absolute atomic E-state index is 0.0821. The Kier molecular flexibility index (Phi) is 9.52. The second-order valence-electron chi connectivity index (χ2n) is 6.27. The van der Waals surface area contributed by atoms with E-state index in [1.165, 1.54) is 0 Å². The SMILES string of the molecule is COCCNC(=NCc1ccc(COCC(F)(F)F)cc1)NCCc1ccco1. The number of hydrogen-bond acceptors (Lipinski definition) is 4. The molecule has 0 atom stereocenters. The smallest absolute Gasteiger partial charge is 0.411 e. The van der Waals surface area contributed by atoms with Gasteiger partial charge in [0.15, 0.2) is 5.96 Å². The second kappa shape index (κ2) is 12.1. The number of nitrogens with one attached hydrogen (secondary N) is 2. The van der Waals surface area contributed by atoms with E-state index in [1.54, 1.807) is 25.5 Å². The third-order valence-corrected chi connectivity index (χ3v) is 3.82. The summed E-state index contributed by atoms with van der Waals surface area (Å²) in [5, 5.41) is 6.42. The van der Waals surface area contributed by atoms with Crippen molar-refractivity contribution in [3.05, 3.63) is 59.5 Å². The van der Waals surface area contributed by atoms with Crippen molar-refractivity contribution in [2.24, 2.45) is 4.99 Å². The van der Waals surface area contributed by atoms with Crippen LogP contribution in [0.15, 0.2) is 52.1 Å². The zero-order valence-electron chi connectivity index (χ0n) is 16.3. The minimum Gasteiger partial charge on any atom is -0.469 e. The van der Waals surface area contributed by atoms with Gasteiger partial charge in [0.25, 0.3) is 0 Å². The minimum atomic E-state index is -4.31. The van der Waals surface area contributed by atoms with E-state index in [9.17, 15) is 13.2 Å². The van der Waals surface area contributed by atoms with Gasteiger partial charge in [-0.05, 0) is 23.3 Å². The molecule has 2 rings (SSSR count). The molecule has 0 aliphatic carbocycles. The van der Waals surface area contributed by atoms with Crippen molar-refractivity contribution in [3.8, 4) is 0 Å². The van der Waals surface area contributed by atoms with Crippen molar-refractivity contribution in [1.82, 2.24) is 10.6 Å². The Bertz CT molecular complexity index is 717. The lowest BCUT2D eigenvalue weighted by molar-refractivity contribution is -0.176. The van der Waals surface area contributed by atoms with Gasteiger partial charge in [-0.3, -0.25) is 0 Å². The molecule has 160 valence electrons. The number of hydrogen-bond donors (Lipinski definition) is 2. The molecule has 0 aliphatic heterocycles. The first kappa shape index (κ1) is 22.8. The van der Waals surface area contributed by atoms with E-state index in [-0.39, 0.29) is 6.61 Å². The van der Waals surface area contributed by atoms with Crippen LogP contribution in [0.5, 0.6) is 0 Å². The largest absolute Gasteiger partial charge is 0.469 e. The number of nitrogens with zero attached hydrogens (tertiary/aromatic N) is 1. The number of aliphatic imine (C=N–C) groups is 1. The molecule has 1 aromatic heterocycles. The molecule has 0 amide bonds. The third kappa shape index (κ3) is 10.00. The van der Waals surface area contributed by atoms with E-state index in [4.69, 9.17) is 9.15 Å². The van der Waals surface area contributed by atoms with Gasteiger partial charge in [0.2, 0.25) is 0 Å². The summed E-state index contributed by atoms with van der Waals surface area (Å²) in [6.45, 7) is 0.902. The maximum absolute atomic E-state index is 12.1. The molecule has 1 aromatic carbocycles. The van der Waals surface area contributed by atoms with Crippen LogP contribution < -0.4 is 10.6 Å². The molecule has 1 heterocycles. The zero-order valence-corrected chi connectivity index (χ0v) is 16.3. The molecule has 29 heavy (non-hydrogen) atoms. The van der Waals surface area contributed by atoms with Gasteiger partial charge in [-0.2, -0.15) is 13.2 Å². The van der Waals surface area contributed by atoms with E-state index >= 15 is 0 Å². The van der Waals surface area contributed by atoms with Crippen molar-refractivity contribution < 1.29 is 27.1 Å². The van der Waals surface area contributed by atoms with E-state index in [0.29, 0.717) is 37.8 Å². The predicted octanol–water partition coefficient (Wildman–Crippen LogP) is 3.28. The van der Waals surface area contributed by atoms with Crippen LogP contribution in [0.4, 0.5) is 13.2 Å².